The lowest BCUT2D eigenvalue weighted by molar-refractivity contribution is -0.421. The van der Waals surface area contributed by atoms with Gasteiger partial charge < -0.3 is 10.2 Å². The Labute approximate surface area is 130 Å². The number of hydrogen-bond donors (Lipinski definition) is 1. The minimum absolute atomic E-state index is 0.238. The lowest BCUT2D eigenvalue weighted by Crippen LogP contribution is -2.40. The number of hydrogen-bond acceptors (Lipinski definition) is 7. The molecule has 120 valence electrons. The summed E-state index contributed by atoms with van der Waals surface area (Å²) in [6.07, 6.45) is 0. The van der Waals surface area contributed by atoms with Gasteiger partial charge >= 0.3 is 11.4 Å². The Kier molecular flexibility index (Phi) is 4.04. The minimum atomic E-state index is -0.727. The number of fused-ring (bicyclic) bond motifs is 1. The third-order valence-electron chi connectivity index (χ3n) is 3.66. The first-order chi connectivity index (χ1) is 11.1. The normalized spacial score (nSPS) is 15.5. The van der Waals surface area contributed by atoms with Gasteiger partial charge in [-0.3, -0.25) is 20.2 Å². The quantitative estimate of drug-likeness (QED) is 0.680. The fraction of sp³-hybridized carbons (Fsp3) is 0.286. The van der Waals surface area contributed by atoms with Crippen LogP contribution >= 0.6 is 0 Å². The molecule has 1 heterocycles. The molecule has 0 saturated carbocycles. The Balaban J connectivity index is 2.15. The third-order valence-corrected chi connectivity index (χ3v) is 3.66. The molecule has 0 aromatic heterocycles. The minimum Gasteiger partial charge on any atom is -0.379 e. The molecule has 1 saturated heterocycles. The van der Waals surface area contributed by atoms with E-state index in [2.05, 4.69) is 5.43 Å². The fourth-order valence-corrected chi connectivity index (χ4v) is 2.61. The molecule has 3 rings (SSSR count). The molecule has 23 heavy (non-hydrogen) atoms. The van der Waals surface area contributed by atoms with Crippen molar-refractivity contribution < 1.29 is 14.6 Å². The van der Waals surface area contributed by atoms with Gasteiger partial charge in [-0.1, -0.05) is 18.2 Å². The van der Waals surface area contributed by atoms with Gasteiger partial charge in [0.1, 0.15) is 0 Å². The number of nitrogens with one attached hydrogen (secondary N) is 1. The van der Waals surface area contributed by atoms with Gasteiger partial charge in [0.25, 0.3) is 0 Å². The van der Waals surface area contributed by atoms with Crippen LogP contribution in [0.1, 0.15) is 0 Å². The first-order valence-electron chi connectivity index (χ1n) is 7.02. The maximum Gasteiger partial charge on any atom is 0.353 e. The van der Waals surface area contributed by atoms with Crippen LogP contribution in [0.5, 0.6) is 0 Å². The molecule has 0 bridgehead atoms. The molecule has 9 nitrogen and oxygen atoms in total. The average molecular weight is 318 g/mol. The molecule has 0 atom stereocenters. The summed E-state index contributed by atoms with van der Waals surface area (Å²) in [5, 5.41) is 25.2. The van der Waals surface area contributed by atoms with E-state index in [9.17, 15) is 20.2 Å². The van der Waals surface area contributed by atoms with Crippen LogP contribution < -0.4 is 5.43 Å². The standard InChI is InChI=1S/C14H14N4O5/c19-17(20)13-9-12(15-16-5-7-23-8-6-16)10-3-1-2-4-11(10)14(13)18(21)22/h1-4,9,15H,5-8H2. The summed E-state index contributed by atoms with van der Waals surface area (Å²) in [5.41, 5.74) is 2.57. The lowest BCUT2D eigenvalue weighted by Gasteiger charge is -2.28. The molecular weight excluding hydrogens is 304 g/mol. The zero-order valence-electron chi connectivity index (χ0n) is 12.1. The molecule has 0 spiro atoms. The fourth-order valence-electron chi connectivity index (χ4n) is 2.61. The van der Waals surface area contributed by atoms with Crippen molar-refractivity contribution in [1.29, 1.82) is 0 Å². The first-order valence-corrected chi connectivity index (χ1v) is 7.02. The Bertz CT molecular complexity index is 773. The Morgan fingerprint density at radius 2 is 1.70 bits per heavy atom. The van der Waals surface area contributed by atoms with Gasteiger partial charge in [0, 0.05) is 24.5 Å². The summed E-state index contributed by atoms with van der Waals surface area (Å²) in [6.45, 7) is 2.36. The van der Waals surface area contributed by atoms with Crippen LogP contribution in [-0.4, -0.2) is 41.2 Å². The molecule has 0 amide bonds. The summed E-state index contributed by atoms with van der Waals surface area (Å²) >= 11 is 0. The molecule has 0 aliphatic carbocycles. The van der Waals surface area contributed by atoms with Crippen LogP contribution in [0.25, 0.3) is 10.8 Å². The van der Waals surface area contributed by atoms with Crippen LogP contribution in [0.3, 0.4) is 0 Å². The summed E-state index contributed by atoms with van der Waals surface area (Å²) in [5.74, 6) is 0. The van der Waals surface area contributed by atoms with Gasteiger partial charge in [-0.25, -0.2) is 5.01 Å². The van der Waals surface area contributed by atoms with Crippen molar-refractivity contribution in [2.45, 2.75) is 0 Å². The molecular formula is C14H14N4O5. The van der Waals surface area contributed by atoms with Crippen molar-refractivity contribution >= 4 is 27.8 Å². The molecule has 0 radical (unpaired) electrons. The Morgan fingerprint density at radius 1 is 1.04 bits per heavy atom. The van der Waals surface area contributed by atoms with Crippen molar-refractivity contribution in [2.24, 2.45) is 0 Å². The second kappa shape index (κ2) is 6.15. The highest BCUT2D eigenvalue weighted by atomic mass is 16.6. The van der Waals surface area contributed by atoms with Gasteiger partial charge in [-0.15, -0.1) is 0 Å². The zero-order chi connectivity index (χ0) is 16.4. The highest BCUT2D eigenvalue weighted by Crippen LogP contribution is 2.39. The SMILES string of the molecule is O=[N+]([O-])c1cc(NN2CCOCC2)c2ccccc2c1[N+](=O)[O-]. The Morgan fingerprint density at radius 3 is 2.30 bits per heavy atom. The van der Waals surface area contributed by atoms with E-state index >= 15 is 0 Å². The number of nitro benzene ring substituents is 2. The van der Waals surface area contributed by atoms with Gasteiger partial charge in [0.05, 0.1) is 34.1 Å². The van der Waals surface area contributed by atoms with Crippen molar-refractivity contribution in [2.75, 3.05) is 31.7 Å². The summed E-state index contributed by atoms with van der Waals surface area (Å²) in [4.78, 5) is 21.1. The van der Waals surface area contributed by atoms with E-state index < -0.39 is 21.2 Å². The van der Waals surface area contributed by atoms with E-state index in [0.29, 0.717) is 37.4 Å². The average Bonchev–Trinajstić information content (AvgIpc) is 2.55. The number of nitro groups is 2. The number of morpholine rings is 1. The maximum absolute atomic E-state index is 11.3. The van der Waals surface area contributed by atoms with Crippen LogP contribution in [0.4, 0.5) is 17.1 Å². The van der Waals surface area contributed by atoms with Crippen LogP contribution in [0, 0.1) is 20.2 Å². The number of nitrogens with zero attached hydrogens (tertiary/aromatic N) is 3. The largest absolute Gasteiger partial charge is 0.379 e. The van der Waals surface area contributed by atoms with Gasteiger partial charge in [0.2, 0.25) is 0 Å². The molecule has 2 aromatic rings. The molecule has 1 aliphatic heterocycles. The van der Waals surface area contributed by atoms with E-state index in [1.165, 1.54) is 12.1 Å². The summed E-state index contributed by atoms with van der Waals surface area (Å²) in [6, 6.07) is 7.80. The highest BCUT2D eigenvalue weighted by Gasteiger charge is 2.29. The zero-order valence-corrected chi connectivity index (χ0v) is 12.1. The molecule has 0 unspecified atom stereocenters. The second-order valence-corrected chi connectivity index (χ2v) is 5.06. The van der Waals surface area contributed by atoms with Crippen molar-refractivity contribution in [3.05, 3.63) is 50.6 Å². The molecule has 1 N–H and O–H groups in total. The van der Waals surface area contributed by atoms with Crippen LogP contribution in [0.2, 0.25) is 0 Å². The Hall–Kier alpha value is -2.78. The van der Waals surface area contributed by atoms with Gasteiger partial charge in [-0.05, 0) is 6.07 Å². The summed E-state index contributed by atoms with van der Waals surface area (Å²) < 4.78 is 5.26. The van der Waals surface area contributed by atoms with Crippen LogP contribution in [-0.2, 0) is 4.74 Å². The lowest BCUT2D eigenvalue weighted by atomic mass is 10.1. The topological polar surface area (TPSA) is 111 Å². The number of hydrazine groups is 1. The first kappa shape index (κ1) is 15.1. The number of benzene rings is 2. The van der Waals surface area contributed by atoms with Crippen molar-refractivity contribution in [1.82, 2.24) is 5.01 Å². The number of anilines is 1. The molecule has 2 aromatic carbocycles. The predicted octanol–water partition coefficient (Wildman–Crippen LogP) is 2.32. The maximum atomic E-state index is 11.3. The molecule has 9 heteroatoms. The smallest absolute Gasteiger partial charge is 0.353 e. The van der Waals surface area contributed by atoms with E-state index in [1.807, 2.05) is 5.01 Å². The van der Waals surface area contributed by atoms with E-state index in [4.69, 9.17) is 4.74 Å². The predicted molar refractivity (Wildman–Crippen MR) is 83.3 cm³/mol. The van der Waals surface area contributed by atoms with Crippen molar-refractivity contribution in [3.8, 4) is 0 Å². The number of rotatable bonds is 4. The number of ether oxygens (including phenoxy) is 1. The van der Waals surface area contributed by atoms with Gasteiger partial charge in [0.15, 0.2) is 0 Å². The third kappa shape index (κ3) is 2.91. The highest BCUT2D eigenvalue weighted by molar-refractivity contribution is 6.03. The second-order valence-electron chi connectivity index (χ2n) is 5.06. The van der Waals surface area contributed by atoms with Gasteiger partial charge in [-0.2, -0.15) is 0 Å². The summed E-state index contributed by atoms with van der Waals surface area (Å²) in [7, 11) is 0. The molecule has 1 aliphatic rings. The van der Waals surface area contributed by atoms with E-state index in [-0.39, 0.29) is 5.39 Å². The van der Waals surface area contributed by atoms with E-state index in [1.54, 1.807) is 18.2 Å². The monoisotopic (exact) mass is 318 g/mol. The molecule has 1 fully saturated rings. The van der Waals surface area contributed by atoms with Crippen LogP contribution in [0.15, 0.2) is 30.3 Å². The van der Waals surface area contributed by atoms with Crippen molar-refractivity contribution in [3.63, 3.8) is 0 Å². The van der Waals surface area contributed by atoms with E-state index in [0.717, 1.165) is 0 Å².